The number of benzene rings is 1. The number of fused-ring (bicyclic) bond motifs is 1. The van der Waals surface area contributed by atoms with Crippen LogP contribution in [0.3, 0.4) is 0 Å². The minimum Gasteiger partial charge on any atom is -0.398 e. The van der Waals surface area contributed by atoms with E-state index in [0.29, 0.717) is 36.3 Å². The van der Waals surface area contributed by atoms with E-state index in [0.717, 1.165) is 0 Å². The molecule has 1 aliphatic heterocycles. The number of morpholine rings is 1. The third-order valence-electron chi connectivity index (χ3n) is 3.66. The van der Waals surface area contributed by atoms with Gasteiger partial charge in [-0.3, -0.25) is 4.98 Å². The molecule has 0 radical (unpaired) electrons. The molecule has 2 heterocycles. The summed E-state index contributed by atoms with van der Waals surface area (Å²) < 4.78 is 32.6. The van der Waals surface area contributed by atoms with Gasteiger partial charge in [-0.2, -0.15) is 4.31 Å². The summed E-state index contributed by atoms with van der Waals surface area (Å²) in [7, 11) is -3.62. The molecule has 0 bridgehead atoms. The van der Waals surface area contributed by atoms with Crippen molar-refractivity contribution in [2.45, 2.75) is 17.9 Å². The Morgan fingerprint density at radius 2 is 2.19 bits per heavy atom. The number of nitrogen functional groups attached to an aromatic ring is 1. The first kappa shape index (κ1) is 14.2. The van der Waals surface area contributed by atoms with Gasteiger partial charge in [-0.05, 0) is 31.2 Å². The fraction of sp³-hybridized carbons (Fsp3) is 0.357. The molecule has 0 spiro atoms. The molecular weight excluding hydrogens is 290 g/mol. The molecule has 0 aliphatic carbocycles. The zero-order chi connectivity index (χ0) is 15.0. The summed E-state index contributed by atoms with van der Waals surface area (Å²) in [6, 6.07) is 6.47. The van der Waals surface area contributed by atoms with Crippen molar-refractivity contribution in [2.24, 2.45) is 0 Å². The molecule has 7 heteroatoms. The van der Waals surface area contributed by atoms with Crippen LogP contribution < -0.4 is 5.73 Å². The van der Waals surface area contributed by atoms with E-state index in [-0.39, 0.29) is 10.9 Å². The molecule has 2 N–H and O–H groups in total. The number of ether oxygens (including phenoxy) is 1. The van der Waals surface area contributed by atoms with Crippen LogP contribution in [0, 0.1) is 0 Å². The Kier molecular flexibility index (Phi) is 3.56. The van der Waals surface area contributed by atoms with Crippen molar-refractivity contribution < 1.29 is 13.2 Å². The van der Waals surface area contributed by atoms with Crippen LogP contribution in [-0.4, -0.2) is 43.5 Å². The number of rotatable bonds is 2. The Bertz CT molecular complexity index is 776. The molecule has 2 aromatic rings. The van der Waals surface area contributed by atoms with Crippen LogP contribution >= 0.6 is 0 Å². The summed E-state index contributed by atoms with van der Waals surface area (Å²) in [5.41, 5.74) is 6.84. The maximum atomic E-state index is 12.9. The molecule has 3 rings (SSSR count). The van der Waals surface area contributed by atoms with Gasteiger partial charge in [0.15, 0.2) is 0 Å². The van der Waals surface area contributed by atoms with Crippen LogP contribution in [-0.2, 0) is 14.8 Å². The average Bonchev–Trinajstić information content (AvgIpc) is 2.48. The molecule has 112 valence electrons. The van der Waals surface area contributed by atoms with E-state index in [1.165, 1.54) is 10.4 Å². The van der Waals surface area contributed by atoms with Crippen LogP contribution in [0.5, 0.6) is 0 Å². The second-order valence-electron chi connectivity index (χ2n) is 5.09. The molecule has 0 saturated carbocycles. The van der Waals surface area contributed by atoms with Crippen LogP contribution in [0.25, 0.3) is 10.9 Å². The molecule has 1 atom stereocenters. The van der Waals surface area contributed by atoms with E-state index >= 15 is 0 Å². The van der Waals surface area contributed by atoms with Crippen molar-refractivity contribution in [2.75, 3.05) is 25.5 Å². The van der Waals surface area contributed by atoms with E-state index in [9.17, 15) is 8.42 Å². The van der Waals surface area contributed by atoms with Gasteiger partial charge in [-0.1, -0.05) is 0 Å². The quantitative estimate of drug-likeness (QED) is 0.843. The highest BCUT2D eigenvalue weighted by molar-refractivity contribution is 7.89. The van der Waals surface area contributed by atoms with Gasteiger partial charge in [-0.15, -0.1) is 0 Å². The number of nitrogens with zero attached hydrogens (tertiary/aromatic N) is 2. The van der Waals surface area contributed by atoms with E-state index in [2.05, 4.69) is 4.98 Å². The van der Waals surface area contributed by atoms with Gasteiger partial charge in [0.1, 0.15) is 4.90 Å². The molecule has 21 heavy (non-hydrogen) atoms. The van der Waals surface area contributed by atoms with Crippen molar-refractivity contribution in [3.63, 3.8) is 0 Å². The molecule has 1 aliphatic rings. The summed E-state index contributed by atoms with van der Waals surface area (Å²) in [5.74, 6) is 0. The summed E-state index contributed by atoms with van der Waals surface area (Å²) in [6.07, 6.45) is 1.57. The van der Waals surface area contributed by atoms with Crippen LogP contribution in [0.1, 0.15) is 6.92 Å². The van der Waals surface area contributed by atoms with Crippen LogP contribution in [0.4, 0.5) is 5.69 Å². The van der Waals surface area contributed by atoms with Gasteiger partial charge < -0.3 is 10.5 Å². The largest absolute Gasteiger partial charge is 0.398 e. The fourth-order valence-electron chi connectivity index (χ4n) is 2.57. The SMILES string of the molecule is C[C@@H]1COCCN1S(=O)(=O)c1ccc(N)c2cccnc12. The number of sulfonamides is 1. The number of aromatic nitrogens is 1. The smallest absolute Gasteiger partial charge is 0.245 e. The van der Waals surface area contributed by atoms with E-state index in [1.807, 2.05) is 6.92 Å². The fourth-order valence-corrected chi connectivity index (χ4v) is 4.32. The Morgan fingerprint density at radius 1 is 1.38 bits per heavy atom. The van der Waals surface area contributed by atoms with Gasteiger partial charge >= 0.3 is 0 Å². The lowest BCUT2D eigenvalue weighted by molar-refractivity contribution is 0.0393. The summed E-state index contributed by atoms with van der Waals surface area (Å²) >= 11 is 0. The number of anilines is 1. The Morgan fingerprint density at radius 3 is 2.95 bits per heavy atom. The van der Waals surface area contributed by atoms with Gasteiger partial charge in [0.05, 0.1) is 18.7 Å². The minimum atomic E-state index is -3.62. The molecule has 1 fully saturated rings. The highest BCUT2D eigenvalue weighted by Gasteiger charge is 2.33. The summed E-state index contributed by atoms with van der Waals surface area (Å²) in [6.45, 7) is 3.00. The molecule has 1 saturated heterocycles. The number of pyridine rings is 1. The van der Waals surface area contributed by atoms with Crippen molar-refractivity contribution in [3.05, 3.63) is 30.5 Å². The molecule has 1 aromatic heterocycles. The van der Waals surface area contributed by atoms with Crippen molar-refractivity contribution in [1.29, 1.82) is 0 Å². The van der Waals surface area contributed by atoms with Gasteiger partial charge in [0.25, 0.3) is 0 Å². The molecule has 0 unspecified atom stereocenters. The third kappa shape index (κ3) is 2.37. The molecular formula is C14H17N3O3S. The maximum absolute atomic E-state index is 12.9. The summed E-state index contributed by atoms with van der Waals surface area (Å²) in [5, 5.41) is 0.652. The van der Waals surface area contributed by atoms with Gasteiger partial charge in [-0.25, -0.2) is 8.42 Å². The van der Waals surface area contributed by atoms with Crippen molar-refractivity contribution in [3.8, 4) is 0 Å². The highest BCUT2D eigenvalue weighted by atomic mass is 32.2. The monoisotopic (exact) mass is 307 g/mol. The normalized spacial score (nSPS) is 20.7. The summed E-state index contributed by atoms with van der Waals surface area (Å²) in [4.78, 5) is 4.41. The molecule has 6 nitrogen and oxygen atoms in total. The first-order valence-electron chi connectivity index (χ1n) is 6.74. The van der Waals surface area contributed by atoms with Gasteiger partial charge in [0.2, 0.25) is 10.0 Å². The van der Waals surface area contributed by atoms with E-state index in [1.54, 1.807) is 24.4 Å². The Labute approximate surface area is 123 Å². The third-order valence-corrected chi connectivity index (χ3v) is 5.70. The average molecular weight is 307 g/mol. The standard InChI is InChI=1S/C14H17N3O3S/c1-10-9-20-8-7-17(10)21(18,19)13-5-4-12(15)11-3-2-6-16-14(11)13/h2-6,10H,7-9,15H2,1H3/t10-/m1/s1. The zero-order valence-corrected chi connectivity index (χ0v) is 12.5. The second kappa shape index (κ2) is 5.25. The van der Waals surface area contributed by atoms with E-state index < -0.39 is 10.0 Å². The van der Waals surface area contributed by atoms with E-state index in [4.69, 9.17) is 10.5 Å². The lowest BCUT2D eigenvalue weighted by Gasteiger charge is -2.32. The number of hydrogen-bond acceptors (Lipinski definition) is 5. The minimum absolute atomic E-state index is 0.194. The lowest BCUT2D eigenvalue weighted by Crippen LogP contribution is -2.47. The van der Waals surface area contributed by atoms with Crippen LogP contribution in [0.2, 0.25) is 0 Å². The predicted octanol–water partition coefficient (Wildman–Crippen LogP) is 1.23. The highest BCUT2D eigenvalue weighted by Crippen LogP contribution is 2.29. The predicted molar refractivity (Wildman–Crippen MR) is 80.3 cm³/mol. The maximum Gasteiger partial charge on any atom is 0.245 e. The molecule has 1 aromatic carbocycles. The Hall–Kier alpha value is -1.70. The van der Waals surface area contributed by atoms with Crippen molar-refractivity contribution >= 4 is 26.6 Å². The van der Waals surface area contributed by atoms with Gasteiger partial charge in [0, 0.05) is 29.9 Å². The number of nitrogens with two attached hydrogens (primary N) is 1. The molecule has 0 amide bonds. The topological polar surface area (TPSA) is 85.5 Å². The second-order valence-corrected chi connectivity index (χ2v) is 6.95. The lowest BCUT2D eigenvalue weighted by atomic mass is 10.2. The first-order valence-corrected chi connectivity index (χ1v) is 8.18. The zero-order valence-electron chi connectivity index (χ0n) is 11.7. The first-order chi connectivity index (χ1) is 10.0. The van der Waals surface area contributed by atoms with Crippen molar-refractivity contribution in [1.82, 2.24) is 9.29 Å². The Balaban J connectivity index is 2.17. The van der Waals surface area contributed by atoms with Crippen LogP contribution in [0.15, 0.2) is 35.4 Å². The number of hydrogen-bond donors (Lipinski definition) is 1.